The molecule has 0 amide bonds. The Kier molecular flexibility index (Phi) is 6.31. The lowest BCUT2D eigenvalue weighted by Gasteiger charge is -2.39. The molecule has 0 radical (unpaired) electrons. The molecule has 6 N–H and O–H groups in total. The van der Waals surface area contributed by atoms with Crippen molar-refractivity contribution in [3.05, 3.63) is 66.7 Å². The molecule has 1 heterocycles. The van der Waals surface area contributed by atoms with Crippen molar-refractivity contribution in [2.45, 2.75) is 30.7 Å². The summed E-state index contributed by atoms with van der Waals surface area (Å²) in [5, 5.41) is 61.8. The number of rotatable bonds is 5. The van der Waals surface area contributed by atoms with Gasteiger partial charge >= 0.3 is 0 Å². The molecular formula is C24H24O8. The summed E-state index contributed by atoms with van der Waals surface area (Å²) in [5.41, 5.74) is 1.57. The number of phenolic OH excluding ortho intramolecular Hbond substituents is 2. The van der Waals surface area contributed by atoms with Crippen LogP contribution in [-0.4, -0.2) is 68.0 Å². The van der Waals surface area contributed by atoms with Crippen molar-refractivity contribution < 1.29 is 40.1 Å². The van der Waals surface area contributed by atoms with E-state index in [0.717, 1.165) is 0 Å². The maximum Gasteiger partial charge on any atom is 0.229 e. The van der Waals surface area contributed by atoms with Crippen LogP contribution in [0.25, 0.3) is 22.3 Å². The van der Waals surface area contributed by atoms with Gasteiger partial charge in [-0.05, 0) is 17.2 Å². The zero-order chi connectivity index (χ0) is 22.8. The van der Waals surface area contributed by atoms with Crippen LogP contribution < -0.4 is 4.74 Å². The van der Waals surface area contributed by atoms with Gasteiger partial charge in [0.15, 0.2) is 11.5 Å². The monoisotopic (exact) mass is 440 g/mol. The Balaban J connectivity index is 1.84. The van der Waals surface area contributed by atoms with E-state index < -0.39 is 43.1 Å². The molecule has 8 heteroatoms. The number of benzene rings is 3. The zero-order valence-electron chi connectivity index (χ0n) is 16.9. The Hall–Kier alpha value is -3.14. The van der Waals surface area contributed by atoms with E-state index in [-0.39, 0.29) is 17.1 Å². The first kappa shape index (κ1) is 22.1. The molecule has 1 aliphatic heterocycles. The summed E-state index contributed by atoms with van der Waals surface area (Å²) in [7, 11) is 0. The van der Waals surface area contributed by atoms with E-state index in [2.05, 4.69) is 0 Å². The number of hydrogen-bond acceptors (Lipinski definition) is 8. The van der Waals surface area contributed by atoms with Gasteiger partial charge < -0.3 is 40.1 Å². The number of phenols is 2. The van der Waals surface area contributed by atoms with Gasteiger partial charge in [-0.15, -0.1) is 0 Å². The summed E-state index contributed by atoms with van der Waals surface area (Å²) in [6.45, 7) is -0.618. The summed E-state index contributed by atoms with van der Waals surface area (Å²) in [4.78, 5) is 0. The van der Waals surface area contributed by atoms with Gasteiger partial charge in [0.2, 0.25) is 6.29 Å². The van der Waals surface area contributed by atoms with Crippen LogP contribution in [0.3, 0.4) is 0 Å². The van der Waals surface area contributed by atoms with Crippen molar-refractivity contribution >= 4 is 0 Å². The Bertz CT molecular complexity index is 1050. The largest absolute Gasteiger partial charge is 0.507 e. The van der Waals surface area contributed by atoms with Crippen molar-refractivity contribution in [3.63, 3.8) is 0 Å². The third kappa shape index (κ3) is 4.02. The zero-order valence-corrected chi connectivity index (χ0v) is 16.9. The van der Waals surface area contributed by atoms with Crippen LogP contribution in [0.4, 0.5) is 0 Å². The topological polar surface area (TPSA) is 140 Å². The third-order valence-electron chi connectivity index (χ3n) is 5.46. The number of hydrogen-bond donors (Lipinski definition) is 6. The minimum absolute atomic E-state index is 0.0998. The normalized spacial score (nSPS) is 25.4. The maximum absolute atomic E-state index is 11.1. The minimum Gasteiger partial charge on any atom is -0.507 e. The molecule has 0 aromatic heterocycles. The molecule has 1 aliphatic rings. The molecule has 5 atom stereocenters. The fourth-order valence-electron chi connectivity index (χ4n) is 3.76. The van der Waals surface area contributed by atoms with E-state index in [1.54, 1.807) is 60.7 Å². The van der Waals surface area contributed by atoms with E-state index in [4.69, 9.17) is 9.47 Å². The molecule has 32 heavy (non-hydrogen) atoms. The lowest BCUT2D eigenvalue weighted by atomic mass is 9.96. The Morgan fingerprint density at radius 2 is 1.38 bits per heavy atom. The summed E-state index contributed by atoms with van der Waals surface area (Å²) in [6, 6.07) is 19.0. The average molecular weight is 440 g/mol. The smallest absolute Gasteiger partial charge is 0.229 e. The third-order valence-corrected chi connectivity index (χ3v) is 5.46. The van der Waals surface area contributed by atoms with E-state index in [0.29, 0.717) is 16.7 Å². The SMILES string of the molecule is OCC1OC(Oc2c(-c3ccccc3)cc(O)c(-c3ccccc3)c2O)C(O)C(O)C1O. The Labute approximate surface area is 184 Å². The van der Waals surface area contributed by atoms with Crippen LogP contribution in [0.5, 0.6) is 17.2 Å². The van der Waals surface area contributed by atoms with Crippen LogP contribution in [0.1, 0.15) is 0 Å². The molecule has 0 bridgehead atoms. The first-order chi connectivity index (χ1) is 15.4. The molecule has 8 nitrogen and oxygen atoms in total. The highest BCUT2D eigenvalue weighted by atomic mass is 16.7. The Morgan fingerprint density at radius 1 is 0.781 bits per heavy atom. The summed E-state index contributed by atoms with van der Waals surface area (Å²) in [5.74, 6) is -0.682. The molecule has 4 rings (SSSR count). The lowest BCUT2D eigenvalue weighted by molar-refractivity contribution is -0.277. The van der Waals surface area contributed by atoms with Gasteiger partial charge in [0.05, 0.1) is 12.2 Å². The predicted molar refractivity (Wildman–Crippen MR) is 115 cm³/mol. The number of aliphatic hydroxyl groups is 4. The molecule has 0 aliphatic carbocycles. The van der Waals surface area contributed by atoms with E-state index in [1.807, 2.05) is 0 Å². The van der Waals surface area contributed by atoms with Crippen LogP contribution in [-0.2, 0) is 4.74 Å². The van der Waals surface area contributed by atoms with E-state index in [9.17, 15) is 30.6 Å². The van der Waals surface area contributed by atoms with Crippen molar-refractivity contribution in [1.82, 2.24) is 0 Å². The van der Waals surface area contributed by atoms with Gasteiger partial charge in [-0.3, -0.25) is 0 Å². The quantitative estimate of drug-likeness (QED) is 0.352. The van der Waals surface area contributed by atoms with Gasteiger partial charge in [-0.1, -0.05) is 60.7 Å². The van der Waals surface area contributed by atoms with E-state index >= 15 is 0 Å². The minimum atomic E-state index is -1.66. The van der Waals surface area contributed by atoms with Gasteiger partial charge in [-0.25, -0.2) is 0 Å². The molecular weight excluding hydrogens is 416 g/mol. The van der Waals surface area contributed by atoms with Crippen LogP contribution in [0.15, 0.2) is 66.7 Å². The van der Waals surface area contributed by atoms with Crippen LogP contribution in [0.2, 0.25) is 0 Å². The fraction of sp³-hybridized carbons (Fsp3) is 0.250. The Morgan fingerprint density at radius 3 is 1.97 bits per heavy atom. The molecule has 5 unspecified atom stereocenters. The average Bonchev–Trinajstić information content (AvgIpc) is 2.82. The lowest BCUT2D eigenvalue weighted by Crippen LogP contribution is -2.60. The molecule has 0 spiro atoms. The summed E-state index contributed by atoms with van der Waals surface area (Å²) >= 11 is 0. The number of ether oxygens (including phenoxy) is 2. The highest BCUT2D eigenvalue weighted by molar-refractivity contribution is 5.87. The number of aromatic hydroxyl groups is 2. The predicted octanol–water partition coefficient (Wildman–Crippen LogP) is 1.61. The second-order valence-electron chi connectivity index (χ2n) is 7.54. The second kappa shape index (κ2) is 9.15. The highest BCUT2D eigenvalue weighted by Crippen LogP contribution is 2.49. The molecule has 0 saturated carbocycles. The standard InChI is InChI=1S/C24H24O8/c25-12-17-19(27)21(29)22(30)24(31-17)32-23-15(13-7-3-1-4-8-13)11-16(26)18(20(23)28)14-9-5-2-6-10-14/h1-11,17,19,21-22,24-30H,12H2. The van der Waals surface area contributed by atoms with Crippen LogP contribution in [0, 0.1) is 0 Å². The maximum atomic E-state index is 11.1. The summed E-state index contributed by atoms with van der Waals surface area (Å²) in [6.07, 6.45) is -7.53. The molecule has 168 valence electrons. The number of aliphatic hydroxyl groups excluding tert-OH is 4. The molecule has 1 saturated heterocycles. The van der Waals surface area contributed by atoms with Crippen LogP contribution >= 0.6 is 0 Å². The second-order valence-corrected chi connectivity index (χ2v) is 7.54. The summed E-state index contributed by atoms with van der Waals surface area (Å²) < 4.78 is 11.3. The first-order valence-electron chi connectivity index (χ1n) is 10.1. The molecule has 1 fully saturated rings. The molecule has 3 aromatic rings. The van der Waals surface area contributed by atoms with Crippen molar-refractivity contribution in [2.24, 2.45) is 0 Å². The van der Waals surface area contributed by atoms with Gasteiger partial charge in [0, 0.05) is 5.56 Å². The van der Waals surface area contributed by atoms with E-state index in [1.165, 1.54) is 6.07 Å². The van der Waals surface area contributed by atoms with Crippen molar-refractivity contribution in [1.29, 1.82) is 0 Å². The molecule has 3 aromatic carbocycles. The fourth-order valence-corrected chi connectivity index (χ4v) is 3.76. The van der Waals surface area contributed by atoms with Crippen molar-refractivity contribution in [2.75, 3.05) is 6.61 Å². The first-order valence-corrected chi connectivity index (χ1v) is 10.1. The van der Waals surface area contributed by atoms with Gasteiger partial charge in [0.1, 0.15) is 30.2 Å². The van der Waals surface area contributed by atoms with Gasteiger partial charge in [-0.2, -0.15) is 0 Å². The van der Waals surface area contributed by atoms with Crippen molar-refractivity contribution in [3.8, 4) is 39.5 Å². The van der Waals surface area contributed by atoms with Gasteiger partial charge in [0.25, 0.3) is 0 Å². The highest BCUT2D eigenvalue weighted by Gasteiger charge is 2.45.